The summed E-state index contributed by atoms with van der Waals surface area (Å²) in [6.07, 6.45) is 0. The van der Waals surface area contributed by atoms with E-state index < -0.39 is 16.5 Å². The van der Waals surface area contributed by atoms with Crippen molar-refractivity contribution in [2.24, 2.45) is 35.5 Å². The Morgan fingerprint density at radius 3 is 1.12 bits per heavy atom. The largest absolute Gasteiger partial charge is 4.00 e. The van der Waals surface area contributed by atoms with Crippen molar-refractivity contribution in [2.75, 3.05) is 0 Å². The minimum Gasteiger partial charge on any atom is -0.660 e. The fourth-order valence-corrected chi connectivity index (χ4v) is 25.7. The fourth-order valence-electron chi connectivity index (χ4n) is 8.65. The van der Waals surface area contributed by atoms with Crippen LogP contribution in [0.2, 0.25) is 29.8 Å². The number of allylic oxidation sites excluding steroid dienone is 2. The molecule has 0 amide bonds. The molecule has 0 spiro atoms. The van der Waals surface area contributed by atoms with Gasteiger partial charge in [0.25, 0.3) is 0 Å². The van der Waals surface area contributed by atoms with E-state index in [2.05, 4.69) is 110 Å². The van der Waals surface area contributed by atoms with Gasteiger partial charge in [-0.25, -0.2) is 0 Å². The molecule has 1 fully saturated rings. The molecule has 0 aliphatic heterocycles. The summed E-state index contributed by atoms with van der Waals surface area (Å²) in [5.41, 5.74) is 6.03. The van der Waals surface area contributed by atoms with Crippen LogP contribution in [0.15, 0.2) is 11.1 Å². The Hall–Kier alpha value is 1.52. The molecule has 0 bridgehead atoms. The van der Waals surface area contributed by atoms with Crippen LogP contribution in [0, 0.1) is 80.1 Å². The van der Waals surface area contributed by atoms with Crippen molar-refractivity contribution in [3.8, 4) is 0 Å². The molecule has 0 saturated heterocycles. The predicted octanol–water partition coefficient (Wildman–Crippen LogP) is 12.6. The summed E-state index contributed by atoms with van der Waals surface area (Å²) in [4.78, 5) is 11.7. The van der Waals surface area contributed by atoms with Gasteiger partial charge in [-0.2, -0.15) is 0 Å². The van der Waals surface area contributed by atoms with E-state index in [9.17, 15) is 0 Å². The normalized spacial score (nSPS) is 31.9. The third-order valence-electron chi connectivity index (χ3n) is 9.99. The van der Waals surface area contributed by atoms with Crippen molar-refractivity contribution < 1.29 is 43.4 Å². The minimum atomic E-state index is -2.03. The molecule has 6 heteroatoms. The maximum absolute atomic E-state index is 5.86. The zero-order valence-electron chi connectivity index (χ0n) is 32.2. The summed E-state index contributed by atoms with van der Waals surface area (Å²) in [6, 6.07) is 0. The smallest absolute Gasteiger partial charge is 0.660 e. The van der Waals surface area contributed by atoms with Gasteiger partial charge < -0.3 is 54.5 Å². The van der Waals surface area contributed by atoms with Gasteiger partial charge in [-0.15, -0.1) is 11.1 Å². The Morgan fingerprint density at radius 2 is 0.854 bits per heavy atom. The second kappa shape index (κ2) is 19.9. The van der Waals surface area contributed by atoms with Crippen LogP contribution in [-0.2, 0) is 43.4 Å². The molecule has 1 saturated carbocycles. The maximum atomic E-state index is 5.86. The van der Waals surface area contributed by atoms with Crippen LogP contribution in [0.4, 0.5) is 0 Å². The van der Waals surface area contributed by atoms with Crippen LogP contribution >= 0.6 is 0 Å². The SMILES string of the molecule is CC1=C(C)C([Si](C)(C[Si](C)([N-]C(C)(C)C)C2C(C)C(C)C(C)C2C)[N-]C(C)(C)C)C(C)C1C.[CH3-].[CH3-].[CH3-].[CH3-].[CH3-].[CH3-].[Ti+4].[Ti+4]. The standard InChI is InChI=1S/C29H58N2Si2.6CH3.2Ti/c1-18-19(2)23(6)26(22(18)5)32(15,30-28(9,10)11)17-33(16,31-29(12,13)14)27-24(7)20(3)21(4)25(27)8;;;;;;;;/h18-20,22-24,26-27H,17H2,1-16H3;6*1H3;;/q-2;6*-1;2*+4. The molecule has 9 unspecified atom stereocenters. The van der Waals surface area contributed by atoms with Crippen LogP contribution < -0.4 is 0 Å². The van der Waals surface area contributed by atoms with Gasteiger partial charge in [0.15, 0.2) is 0 Å². The molecule has 2 nitrogen and oxygen atoms in total. The van der Waals surface area contributed by atoms with E-state index in [1.807, 2.05) is 0 Å². The van der Waals surface area contributed by atoms with Gasteiger partial charge in [0.2, 0.25) is 0 Å². The van der Waals surface area contributed by atoms with Gasteiger partial charge in [0.1, 0.15) is 0 Å². The Labute approximate surface area is 297 Å². The zero-order valence-corrected chi connectivity index (χ0v) is 37.3. The Bertz CT molecular complexity index is 731. The second-order valence-corrected chi connectivity index (χ2v) is 23.5. The van der Waals surface area contributed by atoms with E-state index in [4.69, 9.17) is 9.96 Å². The molecule has 41 heavy (non-hydrogen) atoms. The summed E-state index contributed by atoms with van der Waals surface area (Å²) in [5, 5.41) is 0. The third kappa shape index (κ3) is 12.7. The van der Waals surface area contributed by atoms with Crippen LogP contribution in [0.25, 0.3) is 9.96 Å². The molecule has 0 heterocycles. The molecule has 9 atom stereocenters. The molecule has 0 aromatic rings. The van der Waals surface area contributed by atoms with Gasteiger partial charge in [-0.3, -0.25) is 0 Å². The molecule has 242 valence electrons. The van der Waals surface area contributed by atoms with Crippen molar-refractivity contribution in [2.45, 2.75) is 138 Å². The Morgan fingerprint density at radius 1 is 0.537 bits per heavy atom. The molecule has 0 radical (unpaired) electrons. The monoisotopic (exact) mass is 676 g/mol. The topological polar surface area (TPSA) is 28.2 Å². The minimum absolute atomic E-state index is 0. The average Bonchev–Trinajstić information content (AvgIpc) is 2.91. The average molecular weight is 677 g/mol. The van der Waals surface area contributed by atoms with E-state index in [-0.39, 0.29) is 99.1 Å². The van der Waals surface area contributed by atoms with Crippen molar-refractivity contribution >= 4 is 16.5 Å². The van der Waals surface area contributed by atoms with Crippen LogP contribution in [0.3, 0.4) is 0 Å². The van der Waals surface area contributed by atoms with Crippen LogP contribution in [-0.4, -0.2) is 27.5 Å². The summed E-state index contributed by atoms with van der Waals surface area (Å²) in [6.45, 7) is 39.2. The number of nitrogens with zero attached hydrogens (tertiary/aromatic N) is 2. The predicted molar refractivity (Wildman–Crippen MR) is 194 cm³/mol. The molecule has 0 aromatic carbocycles. The zero-order chi connectivity index (χ0) is 25.9. The first-order chi connectivity index (χ1) is 14.7. The molecule has 0 aromatic heterocycles. The fraction of sp³-hybridized carbons (Fsp3) is 0.771. The Kier molecular flexibility index (Phi) is 28.2. The first-order valence-electron chi connectivity index (χ1n) is 13.8. The van der Waals surface area contributed by atoms with Crippen molar-refractivity contribution in [1.82, 2.24) is 0 Å². The molecular formula is C35H76N2Si2Ti2. The maximum Gasteiger partial charge on any atom is 4.00 e. The van der Waals surface area contributed by atoms with E-state index in [1.54, 1.807) is 11.1 Å². The van der Waals surface area contributed by atoms with E-state index in [0.717, 1.165) is 29.2 Å². The summed E-state index contributed by atoms with van der Waals surface area (Å²) < 4.78 is 0. The Balaban J connectivity index is -0.000000289. The molecule has 2 aliphatic rings. The molecule has 0 N–H and O–H groups in total. The third-order valence-corrected chi connectivity index (χ3v) is 22.9. The quantitative estimate of drug-likeness (QED) is 0.152. The first-order valence-corrected chi connectivity index (χ1v) is 19.3. The van der Waals surface area contributed by atoms with Gasteiger partial charge in [-0.05, 0) is 54.9 Å². The van der Waals surface area contributed by atoms with E-state index in [0.29, 0.717) is 17.4 Å². The summed E-state index contributed by atoms with van der Waals surface area (Å²) >= 11 is 0. The number of hydrogen-bond donors (Lipinski definition) is 0. The second-order valence-electron chi connectivity index (χ2n) is 14.9. The van der Waals surface area contributed by atoms with Crippen molar-refractivity contribution in [3.63, 3.8) is 0 Å². The van der Waals surface area contributed by atoms with Crippen molar-refractivity contribution in [3.05, 3.63) is 65.7 Å². The van der Waals surface area contributed by atoms with Gasteiger partial charge in [0.05, 0.1) is 0 Å². The first kappa shape index (κ1) is 58.1. The number of hydrogen-bond acceptors (Lipinski definition) is 0. The van der Waals surface area contributed by atoms with Gasteiger partial charge >= 0.3 is 43.4 Å². The van der Waals surface area contributed by atoms with Gasteiger partial charge in [0, 0.05) is 0 Å². The summed E-state index contributed by atoms with van der Waals surface area (Å²) in [7, 11) is -4.03. The number of rotatable bonds is 6. The molecular weight excluding hydrogens is 600 g/mol. The molecule has 2 rings (SSSR count). The van der Waals surface area contributed by atoms with Gasteiger partial charge in [-0.1, -0.05) is 135 Å². The van der Waals surface area contributed by atoms with E-state index in [1.165, 1.54) is 5.67 Å². The summed E-state index contributed by atoms with van der Waals surface area (Å²) in [5.74, 6) is 4.45. The van der Waals surface area contributed by atoms with Crippen LogP contribution in [0.1, 0.15) is 96.9 Å². The van der Waals surface area contributed by atoms with E-state index >= 15 is 0 Å². The van der Waals surface area contributed by atoms with Crippen LogP contribution in [0.5, 0.6) is 0 Å². The van der Waals surface area contributed by atoms with Crippen molar-refractivity contribution in [1.29, 1.82) is 0 Å². The molecule has 2 aliphatic carbocycles.